The van der Waals surface area contributed by atoms with Gasteiger partial charge in [-0.25, -0.2) is 0 Å². The lowest BCUT2D eigenvalue weighted by Crippen LogP contribution is -2.36. The Morgan fingerprint density at radius 1 is 1.00 bits per heavy atom. The second kappa shape index (κ2) is 6.36. The molecule has 0 fully saturated rings. The van der Waals surface area contributed by atoms with Gasteiger partial charge in [0.25, 0.3) is 0 Å². The van der Waals surface area contributed by atoms with Gasteiger partial charge in [0, 0.05) is 16.4 Å². The highest BCUT2D eigenvalue weighted by Crippen LogP contribution is 2.31. The summed E-state index contributed by atoms with van der Waals surface area (Å²) >= 11 is 3.48. The third-order valence-electron chi connectivity index (χ3n) is 3.91. The number of hydrogen-bond donors (Lipinski definition) is 1. The highest BCUT2D eigenvalue weighted by molar-refractivity contribution is 9.10. The van der Waals surface area contributed by atoms with E-state index in [0.717, 1.165) is 17.3 Å². The molecular formula is C17H20BrN. The smallest absolute Gasteiger partial charge is 0.0175 e. The first-order valence-electron chi connectivity index (χ1n) is 6.70. The molecule has 2 N–H and O–H groups in total. The fraction of sp³-hybridized carbons (Fsp3) is 0.294. The van der Waals surface area contributed by atoms with E-state index >= 15 is 0 Å². The molecule has 2 aromatic rings. The average Bonchev–Trinajstić information content (AvgIpc) is 2.48. The molecule has 19 heavy (non-hydrogen) atoms. The van der Waals surface area contributed by atoms with Crippen LogP contribution in [0.2, 0.25) is 0 Å². The van der Waals surface area contributed by atoms with Gasteiger partial charge in [-0.3, -0.25) is 0 Å². The van der Waals surface area contributed by atoms with Gasteiger partial charge in [-0.15, -0.1) is 0 Å². The zero-order valence-corrected chi connectivity index (χ0v) is 12.9. The molecule has 0 radical (unpaired) electrons. The van der Waals surface area contributed by atoms with Crippen molar-refractivity contribution in [2.24, 2.45) is 5.73 Å². The van der Waals surface area contributed by atoms with Crippen LogP contribution in [0.3, 0.4) is 0 Å². The lowest BCUT2D eigenvalue weighted by Gasteiger charge is -2.32. The molecule has 0 saturated carbocycles. The third-order valence-corrected chi connectivity index (χ3v) is 4.44. The average molecular weight is 318 g/mol. The van der Waals surface area contributed by atoms with Gasteiger partial charge in [-0.05, 0) is 36.1 Å². The van der Waals surface area contributed by atoms with Gasteiger partial charge >= 0.3 is 0 Å². The summed E-state index contributed by atoms with van der Waals surface area (Å²) in [5.41, 5.74) is 8.82. The zero-order valence-electron chi connectivity index (χ0n) is 11.3. The van der Waals surface area contributed by atoms with Crippen LogP contribution in [0.15, 0.2) is 59.1 Å². The molecule has 1 atom stereocenters. The van der Waals surface area contributed by atoms with E-state index in [-0.39, 0.29) is 5.41 Å². The molecular weight excluding hydrogens is 298 g/mol. The van der Waals surface area contributed by atoms with Crippen molar-refractivity contribution in [1.29, 1.82) is 0 Å². The zero-order chi connectivity index (χ0) is 13.7. The van der Waals surface area contributed by atoms with Gasteiger partial charge in [0.1, 0.15) is 0 Å². The molecule has 2 rings (SSSR count). The maximum absolute atomic E-state index is 6.12. The molecule has 0 aromatic heterocycles. The Bertz CT molecular complexity index is 501. The highest BCUT2D eigenvalue weighted by Gasteiger charge is 2.28. The van der Waals surface area contributed by atoms with Gasteiger partial charge in [-0.2, -0.15) is 0 Å². The van der Waals surface area contributed by atoms with Crippen molar-refractivity contribution < 1.29 is 0 Å². The van der Waals surface area contributed by atoms with Crippen molar-refractivity contribution in [2.45, 2.75) is 25.2 Å². The van der Waals surface area contributed by atoms with Crippen LogP contribution in [-0.2, 0) is 11.8 Å². The quantitative estimate of drug-likeness (QED) is 0.874. The molecule has 1 nitrogen and oxygen atoms in total. The maximum Gasteiger partial charge on any atom is 0.0175 e. The molecule has 0 spiro atoms. The standard InChI is InChI=1S/C17H20BrN/c1-2-17(13-19,15-6-4-3-5-7-15)12-14-8-10-16(18)11-9-14/h3-11H,2,12-13,19H2,1H3. The number of hydrogen-bond acceptors (Lipinski definition) is 1. The molecule has 0 bridgehead atoms. The summed E-state index contributed by atoms with van der Waals surface area (Å²) in [7, 11) is 0. The fourth-order valence-corrected chi connectivity index (χ4v) is 2.81. The number of halogens is 1. The van der Waals surface area contributed by atoms with Crippen molar-refractivity contribution in [3.63, 3.8) is 0 Å². The van der Waals surface area contributed by atoms with Gasteiger partial charge in [-0.1, -0.05) is 65.3 Å². The van der Waals surface area contributed by atoms with E-state index in [1.807, 2.05) is 0 Å². The normalized spacial score (nSPS) is 14.1. The summed E-state index contributed by atoms with van der Waals surface area (Å²) in [6.07, 6.45) is 2.03. The lowest BCUT2D eigenvalue weighted by atomic mass is 9.73. The van der Waals surface area contributed by atoms with Crippen LogP contribution in [-0.4, -0.2) is 6.54 Å². The maximum atomic E-state index is 6.12. The molecule has 0 aliphatic heterocycles. The van der Waals surface area contributed by atoms with Crippen LogP contribution >= 0.6 is 15.9 Å². The summed E-state index contributed by atoms with van der Waals surface area (Å²) < 4.78 is 1.12. The first kappa shape index (κ1) is 14.3. The predicted molar refractivity (Wildman–Crippen MR) is 85.3 cm³/mol. The molecule has 0 aliphatic carbocycles. The summed E-state index contributed by atoms with van der Waals surface area (Å²) in [5.74, 6) is 0. The minimum atomic E-state index is 0.0368. The summed E-state index contributed by atoms with van der Waals surface area (Å²) in [5, 5.41) is 0. The summed E-state index contributed by atoms with van der Waals surface area (Å²) in [4.78, 5) is 0. The van der Waals surface area contributed by atoms with E-state index in [9.17, 15) is 0 Å². The molecule has 1 unspecified atom stereocenters. The van der Waals surface area contributed by atoms with Crippen LogP contribution in [0.25, 0.3) is 0 Å². The van der Waals surface area contributed by atoms with Crippen LogP contribution in [0, 0.1) is 0 Å². The topological polar surface area (TPSA) is 26.0 Å². The van der Waals surface area contributed by atoms with E-state index in [1.54, 1.807) is 0 Å². The molecule has 0 aliphatic rings. The number of nitrogens with two attached hydrogens (primary N) is 1. The second-order valence-electron chi connectivity index (χ2n) is 5.01. The van der Waals surface area contributed by atoms with E-state index < -0.39 is 0 Å². The second-order valence-corrected chi connectivity index (χ2v) is 5.92. The summed E-state index contributed by atoms with van der Waals surface area (Å²) in [6, 6.07) is 19.2. The SMILES string of the molecule is CCC(CN)(Cc1ccc(Br)cc1)c1ccccc1. The van der Waals surface area contributed by atoms with Gasteiger partial charge in [0.2, 0.25) is 0 Å². The Kier molecular flexibility index (Phi) is 4.78. The molecule has 0 heterocycles. The Morgan fingerprint density at radius 3 is 2.16 bits per heavy atom. The van der Waals surface area contributed by atoms with E-state index in [0.29, 0.717) is 6.54 Å². The predicted octanol–water partition coefficient (Wildman–Crippen LogP) is 4.30. The highest BCUT2D eigenvalue weighted by atomic mass is 79.9. The number of rotatable bonds is 5. The molecule has 0 amide bonds. The fourth-order valence-electron chi connectivity index (χ4n) is 2.55. The first-order chi connectivity index (χ1) is 9.20. The Balaban J connectivity index is 2.32. The monoisotopic (exact) mass is 317 g/mol. The summed E-state index contributed by atoms with van der Waals surface area (Å²) in [6.45, 7) is 2.89. The van der Waals surface area contributed by atoms with E-state index in [1.165, 1.54) is 11.1 Å². The van der Waals surface area contributed by atoms with Gasteiger partial charge in [0.15, 0.2) is 0 Å². The van der Waals surface area contributed by atoms with Gasteiger partial charge < -0.3 is 5.73 Å². The molecule has 0 saturated heterocycles. The molecule has 2 heteroatoms. The number of benzene rings is 2. The third kappa shape index (κ3) is 3.26. The van der Waals surface area contributed by atoms with E-state index in [4.69, 9.17) is 5.73 Å². The van der Waals surface area contributed by atoms with Crippen LogP contribution in [0.1, 0.15) is 24.5 Å². The largest absolute Gasteiger partial charge is 0.330 e. The Morgan fingerprint density at radius 2 is 1.63 bits per heavy atom. The van der Waals surface area contributed by atoms with Crippen molar-refractivity contribution in [1.82, 2.24) is 0 Å². The van der Waals surface area contributed by atoms with Crippen molar-refractivity contribution in [3.05, 3.63) is 70.2 Å². The van der Waals surface area contributed by atoms with Crippen LogP contribution < -0.4 is 5.73 Å². The van der Waals surface area contributed by atoms with Crippen LogP contribution in [0.5, 0.6) is 0 Å². The van der Waals surface area contributed by atoms with Crippen molar-refractivity contribution in [3.8, 4) is 0 Å². The minimum Gasteiger partial charge on any atom is -0.330 e. The lowest BCUT2D eigenvalue weighted by molar-refractivity contribution is 0.418. The Hall–Kier alpha value is -1.12. The Labute approximate surface area is 124 Å². The van der Waals surface area contributed by atoms with Crippen molar-refractivity contribution in [2.75, 3.05) is 6.54 Å². The molecule has 100 valence electrons. The van der Waals surface area contributed by atoms with E-state index in [2.05, 4.69) is 77.5 Å². The minimum absolute atomic E-state index is 0.0368. The van der Waals surface area contributed by atoms with Crippen molar-refractivity contribution >= 4 is 15.9 Å². The molecule has 2 aromatic carbocycles. The van der Waals surface area contributed by atoms with Crippen LogP contribution in [0.4, 0.5) is 0 Å². The van der Waals surface area contributed by atoms with Gasteiger partial charge in [0.05, 0.1) is 0 Å². The first-order valence-corrected chi connectivity index (χ1v) is 7.49.